The van der Waals surface area contributed by atoms with Crippen LogP contribution in [0.5, 0.6) is 0 Å². The van der Waals surface area contributed by atoms with E-state index < -0.39 is 5.60 Å². The maximum absolute atomic E-state index is 12.2. The van der Waals surface area contributed by atoms with E-state index in [2.05, 4.69) is 10.3 Å². The van der Waals surface area contributed by atoms with E-state index in [-0.39, 0.29) is 12.5 Å². The molecule has 1 unspecified atom stereocenters. The summed E-state index contributed by atoms with van der Waals surface area (Å²) >= 11 is 1.59. The van der Waals surface area contributed by atoms with Crippen LogP contribution in [0.1, 0.15) is 35.8 Å². The number of thiazole rings is 1. The van der Waals surface area contributed by atoms with Crippen molar-refractivity contribution in [2.24, 2.45) is 7.05 Å². The molecule has 0 aliphatic carbocycles. The molecule has 0 saturated carbocycles. The van der Waals surface area contributed by atoms with E-state index in [0.29, 0.717) is 12.1 Å². The van der Waals surface area contributed by atoms with E-state index in [1.54, 1.807) is 22.8 Å². The van der Waals surface area contributed by atoms with Gasteiger partial charge in [0.25, 0.3) is 5.91 Å². The number of amides is 1. The minimum atomic E-state index is -0.879. The highest BCUT2D eigenvalue weighted by Crippen LogP contribution is 2.23. The van der Waals surface area contributed by atoms with Gasteiger partial charge in [0.15, 0.2) is 0 Å². The molecule has 0 bridgehead atoms. The first-order valence-corrected chi connectivity index (χ1v) is 7.80. The topological polar surface area (TPSA) is 67.2 Å². The van der Waals surface area contributed by atoms with Crippen molar-refractivity contribution in [1.29, 1.82) is 0 Å². The van der Waals surface area contributed by atoms with E-state index in [4.69, 9.17) is 0 Å². The van der Waals surface area contributed by atoms with Crippen LogP contribution in [0.2, 0.25) is 0 Å². The summed E-state index contributed by atoms with van der Waals surface area (Å²) < 4.78 is 1.78. The maximum atomic E-state index is 12.2. The molecule has 0 aliphatic heterocycles. The molecule has 2 rings (SSSR count). The second kappa shape index (κ2) is 5.99. The van der Waals surface area contributed by atoms with Crippen LogP contribution in [-0.2, 0) is 7.05 Å². The first-order valence-electron chi connectivity index (χ1n) is 6.92. The fraction of sp³-hybridized carbons (Fsp3) is 0.467. The number of aliphatic hydroxyl groups is 1. The summed E-state index contributed by atoms with van der Waals surface area (Å²) in [5.41, 5.74) is 1.49. The Kier molecular flexibility index (Phi) is 4.49. The molecule has 2 heterocycles. The Morgan fingerprint density at radius 1 is 1.57 bits per heavy atom. The number of nitrogens with zero attached hydrogens (tertiary/aromatic N) is 2. The van der Waals surface area contributed by atoms with E-state index in [1.165, 1.54) is 0 Å². The third-order valence-electron chi connectivity index (χ3n) is 3.54. The fourth-order valence-electron chi connectivity index (χ4n) is 1.91. The van der Waals surface area contributed by atoms with Crippen LogP contribution < -0.4 is 5.32 Å². The SMILES string of the molecule is CCC(C)(O)CNC(=O)c1cc(-c2csc(C)n2)cn1C. The van der Waals surface area contributed by atoms with Gasteiger partial charge in [0.1, 0.15) is 5.69 Å². The van der Waals surface area contributed by atoms with Gasteiger partial charge < -0.3 is 15.0 Å². The van der Waals surface area contributed by atoms with E-state index in [1.807, 2.05) is 38.5 Å². The Hall–Kier alpha value is -1.66. The van der Waals surface area contributed by atoms with Gasteiger partial charge >= 0.3 is 0 Å². The highest BCUT2D eigenvalue weighted by molar-refractivity contribution is 7.09. The Morgan fingerprint density at radius 2 is 2.29 bits per heavy atom. The zero-order valence-electron chi connectivity index (χ0n) is 12.8. The van der Waals surface area contributed by atoms with Gasteiger partial charge in [0.2, 0.25) is 0 Å². The van der Waals surface area contributed by atoms with Gasteiger partial charge in [-0.25, -0.2) is 4.98 Å². The first-order chi connectivity index (χ1) is 9.82. The maximum Gasteiger partial charge on any atom is 0.268 e. The quantitative estimate of drug-likeness (QED) is 0.891. The molecule has 2 aromatic rings. The summed E-state index contributed by atoms with van der Waals surface area (Å²) in [6, 6.07) is 1.82. The highest BCUT2D eigenvalue weighted by atomic mass is 32.1. The minimum Gasteiger partial charge on any atom is -0.388 e. The average molecular weight is 307 g/mol. The molecule has 1 atom stereocenters. The molecule has 6 heteroatoms. The van der Waals surface area contributed by atoms with Gasteiger partial charge in [-0.2, -0.15) is 0 Å². The lowest BCUT2D eigenvalue weighted by Gasteiger charge is -2.21. The van der Waals surface area contributed by atoms with Crippen LogP contribution >= 0.6 is 11.3 Å². The second-order valence-electron chi connectivity index (χ2n) is 5.51. The van der Waals surface area contributed by atoms with Gasteiger partial charge in [-0.05, 0) is 26.3 Å². The highest BCUT2D eigenvalue weighted by Gasteiger charge is 2.20. The largest absolute Gasteiger partial charge is 0.388 e. The summed E-state index contributed by atoms with van der Waals surface area (Å²) in [4.78, 5) is 16.6. The number of carbonyl (C=O) groups excluding carboxylic acids is 1. The molecule has 0 saturated heterocycles. The fourth-order valence-corrected chi connectivity index (χ4v) is 2.53. The summed E-state index contributed by atoms with van der Waals surface area (Å²) in [6.07, 6.45) is 2.48. The lowest BCUT2D eigenvalue weighted by Crippen LogP contribution is -2.40. The van der Waals surface area contributed by atoms with Gasteiger partial charge in [0, 0.05) is 30.7 Å². The van der Waals surface area contributed by atoms with Crippen molar-refractivity contribution in [3.63, 3.8) is 0 Å². The van der Waals surface area contributed by atoms with Gasteiger partial charge in [-0.15, -0.1) is 11.3 Å². The second-order valence-corrected chi connectivity index (χ2v) is 6.57. The van der Waals surface area contributed by atoms with Crippen LogP contribution in [0.3, 0.4) is 0 Å². The van der Waals surface area contributed by atoms with Crippen molar-refractivity contribution < 1.29 is 9.90 Å². The minimum absolute atomic E-state index is 0.190. The smallest absolute Gasteiger partial charge is 0.268 e. The number of hydrogen-bond donors (Lipinski definition) is 2. The molecular formula is C15H21N3O2S. The molecule has 0 radical (unpaired) electrons. The normalized spacial score (nSPS) is 14.0. The molecule has 5 nitrogen and oxygen atoms in total. The molecule has 0 fully saturated rings. The summed E-state index contributed by atoms with van der Waals surface area (Å²) in [6.45, 7) is 5.79. The van der Waals surface area contributed by atoms with Gasteiger partial charge in [0.05, 0.1) is 16.3 Å². The number of carbonyl (C=O) groups is 1. The summed E-state index contributed by atoms with van der Waals surface area (Å²) in [5.74, 6) is -0.190. The van der Waals surface area contributed by atoms with Crippen LogP contribution in [0.4, 0.5) is 0 Å². The Labute approximate surface area is 128 Å². The zero-order chi connectivity index (χ0) is 15.6. The molecule has 0 aliphatic rings. The predicted molar refractivity (Wildman–Crippen MR) is 84.5 cm³/mol. The van der Waals surface area contributed by atoms with E-state index >= 15 is 0 Å². The number of nitrogens with one attached hydrogen (secondary N) is 1. The standard InChI is InChI=1S/C15H21N3O2S/c1-5-15(3,20)9-16-14(19)13-6-11(7-18(13)4)12-8-21-10(2)17-12/h6-8,20H,5,9H2,1-4H3,(H,16,19). The number of aryl methyl sites for hydroxylation is 2. The molecule has 21 heavy (non-hydrogen) atoms. The zero-order valence-corrected chi connectivity index (χ0v) is 13.6. The van der Waals surface area contributed by atoms with Crippen LogP contribution in [0.15, 0.2) is 17.6 Å². The van der Waals surface area contributed by atoms with Crippen molar-refractivity contribution in [3.05, 3.63) is 28.3 Å². The monoisotopic (exact) mass is 307 g/mol. The molecule has 0 aromatic carbocycles. The average Bonchev–Trinajstić information content (AvgIpc) is 3.02. The van der Waals surface area contributed by atoms with Crippen LogP contribution in [-0.4, -0.2) is 32.7 Å². The molecule has 2 aromatic heterocycles. The molecular weight excluding hydrogens is 286 g/mol. The Balaban J connectivity index is 2.14. The van der Waals surface area contributed by atoms with E-state index in [9.17, 15) is 9.90 Å². The van der Waals surface area contributed by atoms with Crippen LogP contribution in [0, 0.1) is 6.92 Å². The first kappa shape index (κ1) is 15.7. The number of aromatic nitrogens is 2. The molecule has 0 spiro atoms. The van der Waals surface area contributed by atoms with Crippen molar-refractivity contribution in [2.75, 3.05) is 6.54 Å². The van der Waals surface area contributed by atoms with Crippen molar-refractivity contribution >= 4 is 17.2 Å². The van der Waals surface area contributed by atoms with Gasteiger partial charge in [-0.1, -0.05) is 6.92 Å². The molecule has 1 amide bonds. The lowest BCUT2D eigenvalue weighted by molar-refractivity contribution is 0.0516. The summed E-state index contributed by atoms with van der Waals surface area (Å²) in [7, 11) is 1.83. The number of rotatable bonds is 5. The predicted octanol–water partition coefficient (Wildman–Crippen LogP) is 2.35. The van der Waals surface area contributed by atoms with Gasteiger partial charge in [-0.3, -0.25) is 4.79 Å². The van der Waals surface area contributed by atoms with Crippen molar-refractivity contribution in [1.82, 2.24) is 14.9 Å². The molecule has 2 N–H and O–H groups in total. The molecule has 114 valence electrons. The lowest BCUT2D eigenvalue weighted by atomic mass is 10.0. The summed E-state index contributed by atoms with van der Waals surface area (Å²) in [5, 5.41) is 15.7. The van der Waals surface area contributed by atoms with Crippen molar-refractivity contribution in [3.8, 4) is 11.3 Å². The third-order valence-corrected chi connectivity index (χ3v) is 4.32. The Morgan fingerprint density at radius 3 is 2.86 bits per heavy atom. The Bertz CT molecular complexity index is 643. The number of hydrogen-bond acceptors (Lipinski definition) is 4. The van der Waals surface area contributed by atoms with E-state index in [0.717, 1.165) is 16.3 Å². The van der Waals surface area contributed by atoms with Crippen LogP contribution in [0.25, 0.3) is 11.3 Å². The van der Waals surface area contributed by atoms with Crippen molar-refractivity contribution in [2.45, 2.75) is 32.8 Å². The third kappa shape index (κ3) is 3.71.